The van der Waals surface area contributed by atoms with Gasteiger partial charge in [0, 0.05) is 11.4 Å². The summed E-state index contributed by atoms with van der Waals surface area (Å²) in [7, 11) is 0. The van der Waals surface area contributed by atoms with E-state index in [-0.39, 0.29) is 17.9 Å². The van der Waals surface area contributed by atoms with Gasteiger partial charge in [-0.15, -0.1) is 11.3 Å². The van der Waals surface area contributed by atoms with Crippen LogP contribution in [-0.4, -0.2) is 17.6 Å². The maximum atomic E-state index is 10.8. The Morgan fingerprint density at radius 1 is 1.56 bits per heavy atom. The third-order valence-electron chi connectivity index (χ3n) is 2.14. The predicted molar refractivity (Wildman–Crippen MR) is 66.8 cm³/mol. The third-order valence-corrected chi connectivity index (χ3v) is 3.13. The molecule has 1 rings (SSSR count). The molecule has 4 heteroatoms. The number of carboxylic acid groups (broad SMARTS) is 1. The summed E-state index contributed by atoms with van der Waals surface area (Å²) in [6, 6.07) is 3.86. The standard InChI is InChI=1S/C12H19NO2S/c1-12(2,3)8-13-9(7-11(14)15)10-5-4-6-16-10/h4-6,9,13H,7-8H2,1-3H3,(H,14,15). The van der Waals surface area contributed by atoms with E-state index in [0.29, 0.717) is 0 Å². The molecule has 16 heavy (non-hydrogen) atoms. The van der Waals surface area contributed by atoms with Crippen LogP contribution in [0.5, 0.6) is 0 Å². The molecule has 0 spiro atoms. The molecule has 1 atom stereocenters. The number of hydrogen-bond acceptors (Lipinski definition) is 3. The quantitative estimate of drug-likeness (QED) is 0.833. The minimum atomic E-state index is -0.764. The molecule has 1 aromatic rings. The predicted octanol–water partition coefficient (Wildman–Crippen LogP) is 2.90. The molecule has 90 valence electrons. The first-order valence-electron chi connectivity index (χ1n) is 5.37. The summed E-state index contributed by atoms with van der Waals surface area (Å²) in [5.74, 6) is -0.764. The lowest BCUT2D eigenvalue weighted by Crippen LogP contribution is -2.31. The van der Waals surface area contributed by atoms with Crippen molar-refractivity contribution >= 4 is 17.3 Å². The van der Waals surface area contributed by atoms with Gasteiger partial charge in [0.15, 0.2) is 0 Å². The average Bonchev–Trinajstić information content (AvgIpc) is 2.62. The Kier molecular flexibility index (Phi) is 4.50. The lowest BCUT2D eigenvalue weighted by Gasteiger charge is -2.23. The van der Waals surface area contributed by atoms with E-state index < -0.39 is 5.97 Å². The van der Waals surface area contributed by atoms with Crippen molar-refractivity contribution < 1.29 is 9.90 Å². The molecule has 1 heterocycles. The second-order valence-corrected chi connectivity index (χ2v) is 6.09. The number of nitrogens with one attached hydrogen (secondary N) is 1. The Labute approximate surface area is 100 Å². The van der Waals surface area contributed by atoms with Crippen molar-refractivity contribution in [2.75, 3.05) is 6.54 Å². The Bertz CT molecular complexity index is 327. The minimum absolute atomic E-state index is 0.0725. The van der Waals surface area contributed by atoms with Crippen LogP contribution in [0.4, 0.5) is 0 Å². The highest BCUT2D eigenvalue weighted by molar-refractivity contribution is 7.10. The smallest absolute Gasteiger partial charge is 0.305 e. The summed E-state index contributed by atoms with van der Waals surface area (Å²) >= 11 is 1.60. The molecule has 0 amide bonds. The number of aliphatic carboxylic acids is 1. The van der Waals surface area contributed by atoms with Crippen LogP contribution in [0.1, 0.15) is 38.1 Å². The van der Waals surface area contributed by atoms with Gasteiger partial charge in [0.2, 0.25) is 0 Å². The van der Waals surface area contributed by atoms with E-state index in [1.807, 2.05) is 17.5 Å². The van der Waals surface area contributed by atoms with Crippen LogP contribution in [0.2, 0.25) is 0 Å². The van der Waals surface area contributed by atoms with Gasteiger partial charge in [-0.25, -0.2) is 0 Å². The molecule has 3 nitrogen and oxygen atoms in total. The van der Waals surface area contributed by atoms with E-state index in [9.17, 15) is 4.79 Å². The lowest BCUT2D eigenvalue weighted by molar-refractivity contribution is -0.137. The summed E-state index contributed by atoms with van der Waals surface area (Å²) < 4.78 is 0. The molecule has 0 radical (unpaired) electrons. The Balaban J connectivity index is 2.62. The molecule has 0 aliphatic carbocycles. The molecule has 0 aliphatic heterocycles. The van der Waals surface area contributed by atoms with Crippen LogP contribution in [0, 0.1) is 5.41 Å². The molecule has 1 aromatic heterocycles. The molecular formula is C12H19NO2S. The molecule has 2 N–H and O–H groups in total. The van der Waals surface area contributed by atoms with Crippen LogP contribution in [0.3, 0.4) is 0 Å². The molecule has 0 aliphatic rings. The second kappa shape index (κ2) is 5.46. The zero-order chi connectivity index (χ0) is 12.2. The van der Waals surface area contributed by atoms with Gasteiger partial charge in [-0.1, -0.05) is 26.8 Å². The number of thiophene rings is 1. The highest BCUT2D eigenvalue weighted by Crippen LogP contribution is 2.23. The van der Waals surface area contributed by atoms with Crippen molar-refractivity contribution in [1.82, 2.24) is 5.32 Å². The van der Waals surface area contributed by atoms with Gasteiger partial charge in [0.1, 0.15) is 0 Å². The third kappa shape index (κ3) is 4.77. The number of carbonyl (C=O) groups is 1. The Hall–Kier alpha value is -0.870. The molecular weight excluding hydrogens is 222 g/mol. The van der Waals surface area contributed by atoms with Crippen LogP contribution in [0.15, 0.2) is 17.5 Å². The van der Waals surface area contributed by atoms with E-state index in [2.05, 4.69) is 26.1 Å². The fourth-order valence-corrected chi connectivity index (χ4v) is 2.17. The van der Waals surface area contributed by atoms with Crippen molar-refractivity contribution in [3.63, 3.8) is 0 Å². The van der Waals surface area contributed by atoms with Gasteiger partial charge >= 0.3 is 5.97 Å². The highest BCUT2D eigenvalue weighted by Gasteiger charge is 2.19. The highest BCUT2D eigenvalue weighted by atomic mass is 32.1. The summed E-state index contributed by atoms with van der Waals surface area (Å²) in [6.07, 6.45) is 0.136. The molecule has 0 aromatic carbocycles. The lowest BCUT2D eigenvalue weighted by atomic mass is 9.96. The van der Waals surface area contributed by atoms with Crippen LogP contribution >= 0.6 is 11.3 Å². The van der Waals surface area contributed by atoms with Crippen LogP contribution in [0.25, 0.3) is 0 Å². The summed E-state index contributed by atoms with van der Waals surface area (Å²) in [6.45, 7) is 7.20. The minimum Gasteiger partial charge on any atom is -0.481 e. The normalized spacial score (nSPS) is 13.7. The van der Waals surface area contributed by atoms with Gasteiger partial charge in [0.25, 0.3) is 0 Å². The van der Waals surface area contributed by atoms with Crippen LogP contribution in [-0.2, 0) is 4.79 Å². The van der Waals surface area contributed by atoms with Gasteiger partial charge in [-0.05, 0) is 16.9 Å². The van der Waals surface area contributed by atoms with Crippen molar-refractivity contribution in [3.05, 3.63) is 22.4 Å². The van der Waals surface area contributed by atoms with Crippen LogP contribution < -0.4 is 5.32 Å². The summed E-state index contributed by atoms with van der Waals surface area (Å²) in [5, 5.41) is 14.2. The van der Waals surface area contributed by atoms with Gasteiger partial charge in [-0.2, -0.15) is 0 Å². The van der Waals surface area contributed by atoms with Crippen molar-refractivity contribution in [2.45, 2.75) is 33.2 Å². The monoisotopic (exact) mass is 241 g/mol. The summed E-state index contributed by atoms with van der Waals surface area (Å²) in [5.41, 5.74) is 0.161. The molecule has 0 saturated carbocycles. The van der Waals surface area contributed by atoms with Crippen molar-refractivity contribution in [2.24, 2.45) is 5.41 Å². The van der Waals surface area contributed by atoms with Gasteiger partial charge in [-0.3, -0.25) is 4.79 Å². The SMILES string of the molecule is CC(C)(C)CNC(CC(=O)O)c1cccs1. The zero-order valence-electron chi connectivity index (χ0n) is 9.99. The largest absolute Gasteiger partial charge is 0.481 e. The number of carboxylic acids is 1. The van der Waals surface area contributed by atoms with E-state index >= 15 is 0 Å². The molecule has 1 unspecified atom stereocenters. The van der Waals surface area contributed by atoms with E-state index in [1.165, 1.54) is 0 Å². The molecule has 0 fully saturated rings. The van der Waals surface area contributed by atoms with Crippen molar-refractivity contribution in [1.29, 1.82) is 0 Å². The van der Waals surface area contributed by atoms with E-state index in [4.69, 9.17) is 5.11 Å². The number of hydrogen-bond donors (Lipinski definition) is 2. The topological polar surface area (TPSA) is 49.3 Å². The van der Waals surface area contributed by atoms with E-state index in [0.717, 1.165) is 11.4 Å². The molecule has 0 saturated heterocycles. The van der Waals surface area contributed by atoms with Crippen molar-refractivity contribution in [3.8, 4) is 0 Å². The maximum Gasteiger partial charge on any atom is 0.305 e. The first-order chi connectivity index (χ1) is 7.38. The first-order valence-corrected chi connectivity index (χ1v) is 6.25. The fourth-order valence-electron chi connectivity index (χ4n) is 1.37. The Morgan fingerprint density at radius 3 is 2.69 bits per heavy atom. The first kappa shape index (κ1) is 13.2. The van der Waals surface area contributed by atoms with Gasteiger partial charge in [0.05, 0.1) is 12.5 Å². The summed E-state index contributed by atoms with van der Waals surface area (Å²) in [4.78, 5) is 11.9. The van der Waals surface area contributed by atoms with E-state index in [1.54, 1.807) is 11.3 Å². The Morgan fingerprint density at radius 2 is 2.25 bits per heavy atom. The average molecular weight is 241 g/mol. The fraction of sp³-hybridized carbons (Fsp3) is 0.583. The maximum absolute atomic E-state index is 10.8. The van der Waals surface area contributed by atoms with Gasteiger partial charge < -0.3 is 10.4 Å². The second-order valence-electron chi connectivity index (χ2n) is 5.11. The molecule has 0 bridgehead atoms. The zero-order valence-corrected chi connectivity index (χ0v) is 10.8. The number of rotatable bonds is 5.